The average molecular weight is 283 g/mol. The van der Waals surface area contributed by atoms with Crippen LogP contribution in [0.5, 0.6) is 0 Å². The highest BCUT2D eigenvalue weighted by molar-refractivity contribution is 7.88. The van der Waals surface area contributed by atoms with Crippen LogP contribution in [0.3, 0.4) is 0 Å². The summed E-state index contributed by atoms with van der Waals surface area (Å²) in [5.74, 6) is -1.07. The molecule has 0 unspecified atom stereocenters. The summed E-state index contributed by atoms with van der Waals surface area (Å²) >= 11 is 5.64. The number of halogens is 2. The van der Waals surface area contributed by atoms with Gasteiger partial charge in [-0.2, -0.15) is 4.39 Å². The normalized spacial score (nSPS) is 11.5. The van der Waals surface area contributed by atoms with E-state index in [4.69, 9.17) is 11.6 Å². The Bertz CT molecular complexity index is 561. The lowest BCUT2D eigenvalue weighted by atomic mass is 10.2. The Labute approximate surface area is 102 Å². The fraction of sp³-hybridized carbons (Fsp3) is 0.250. The molecule has 0 saturated heterocycles. The van der Waals surface area contributed by atoms with Gasteiger partial charge in [0.15, 0.2) is 0 Å². The molecule has 0 aliphatic rings. The number of benzene rings is 1. The number of nitro benzene ring substituents is 1. The zero-order valence-corrected chi connectivity index (χ0v) is 10.2. The maximum atomic E-state index is 13.1. The molecule has 9 heteroatoms. The zero-order valence-electron chi connectivity index (χ0n) is 8.61. The molecule has 94 valence electrons. The molecule has 0 amide bonds. The second-order valence-corrected chi connectivity index (χ2v) is 5.49. The van der Waals surface area contributed by atoms with Crippen molar-refractivity contribution in [3.63, 3.8) is 0 Å². The van der Waals surface area contributed by atoms with Gasteiger partial charge >= 0.3 is 5.69 Å². The Balaban J connectivity index is 3.08. The molecular weight excluding hydrogens is 275 g/mol. The monoisotopic (exact) mass is 282 g/mol. The van der Waals surface area contributed by atoms with E-state index in [1.54, 1.807) is 0 Å². The van der Waals surface area contributed by atoms with Crippen LogP contribution < -0.4 is 4.72 Å². The number of nitrogens with one attached hydrogen (secondary N) is 1. The third kappa shape index (κ3) is 3.91. The zero-order chi connectivity index (χ0) is 13.2. The maximum Gasteiger partial charge on any atom is 0.305 e. The lowest BCUT2D eigenvalue weighted by Crippen LogP contribution is -2.21. The quantitative estimate of drug-likeness (QED) is 0.668. The largest absolute Gasteiger partial charge is 0.305 e. The van der Waals surface area contributed by atoms with E-state index in [2.05, 4.69) is 4.72 Å². The van der Waals surface area contributed by atoms with Gasteiger partial charge in [-0.3, -0.25) is 10.1 Å². The third-order valence-corrected chi connectivity index (χ3v) is 2.86. The highest BCUT2D eigenvalue weighted by atomic mass is 35.5. The number of sulfonamides is 1. The second kappa shape index (κ2) is 4.94. The van der Waals surface area contributed by atoms with E-state index in [-0.39, 0.29) is 17.1 Å². The number of nitro groups is 1. The van der Waals surface area contributed by atoms with E-state index in [0.717, 1.165) is 18.4 Å². The number of hydrogen-bond acceptors (Lipinski definition) is 4. The summed E-state index contributed by atoms with van der Waals surface area (Å²) in [5, 5.41) is 10.4. The summed E-state index contributed by atoms with van der Waals surface area (Å²) in [4.78, 5) is 9.56. The molecule has 0 aliphatic carbocycles. The van der Waals surface area contributed by atoms with E-state index < -0.39 is 26.5 Å². The van der Waals surface area contributed by atoms with E-state index in [1.807, 2.05) is 0 Å². The fourth-order valence-electron chi connectivity index (χ4n) is 1.07. The van der Waals surface area contributed by atoms with Crippen molar-refractivity contribution in [2.24, 2.45) is 0 Å². The Morgan fingerprint density at radius 1 is 1.53 bits per heavy atom. The smallest absolute Gasteiger partial charge is 0.258 e. The van der Waals surface area contributed by atoms with Gasteiger partial charge in [0.2, 0.25) is 15.8 Å². The van der Waals surface area contributed by atoms with Crippen LogP contribution in [0.4, 0.5) is 10.1 Å². The van der Waals surface area contributed by atoms with Crippen LogP contribution in [-0.4, -0.2) is 19.6 Å². The van der Waals surface area contributed by atoms with Crippen molar-refractivity contribution in [2.45, 2.75) is 6.54 Å². The molecule has 6 nitrogen and oxygen atoms in total. The van der Waals surface area contributed by atoms with Crippen molar-refractivity contribution in [3.05, 3.63) is 38.7 Å². The molecule has 0 aromatic heterocycles. The van der Waals surface area contributed by atoms with Gasteiger partial charge in [0.1, 0.15) is 0 Å². The topological polar surface area (TPSA) is 89.3 Å². The molecule has 0 aliphatic heterocycles. The van der Waals surface area contributed by atoms with E-state index in [1.165, 1.54) is 0 Å². The van der Waals surface area contributed by atoms with Crippen molar-refractivity contribution in [2.75, 3.05) is 6.26 Å². The predicted octanol–water partition coefficient (Wildman–Crippen LogP) is 1.44. The van der Waals surface area contributed by atoms with E-state index in [9.17, 15) is 22.9 Å². The molecule has 17 heavy (non-hydrogen) atoms. The number of hydrogen-bond donors (Lipinski definition) is 1. The lowest BCUT2D eigenvalue weighted by molar-refractivity contribution is -0.387. The summed E-state index contributed by atoms with van der Waals surface area (Å²) < 4.78 is 36.9. The SMILES string of the molecule is CS(=O)(=O)NCc1cc([N+](=O)[O-])c(F)cc1Cl. The van der Waals surface area contributed by atoms with Gasteiger partial charge in [-0.25, -0.2) is 13.1 Å². The molecule has 0 heterocycles. The van der Waals surface area contributed by atoms with Crippen molar-refractivity contribution in [1.29, 1.82) is 0 Å². The van der Waals surface area contributed by atoms with Crippen LogP contribution in [0.15, 0.2) is 12.1 Å². The Kier molecular flexibility index (Phi) is 4.02. The predicted molar refractivity (Wildman–Crippen MR) is 59.7 cm³/mol. The molecule has 0 atom stereocenters. The molecule has 1 aromatic rings. The standard InChI is InChI=1S/C8H8ClFN2O4S/c1-17(15,16)11-4-5-2-8(12(13)14)7(10)3-6(5)9/h2-3,11H,4H2,1H3. The molecule has 1 aromatic carbocycles. The van der Waals surface area contributed by atoms with Crippen molar-refractivity contribution in [1.82, 2.24) is 4.72 Å². The average Bonchev–Trinajstić information content (AvgIpc) is 2.14. The molecule has 0 radical (unpaired) electrons. The first-order valence-corrected chi connectivity index (χ1v) is 6.54. The number of rotatable bonds is 4. The van der Waals surface area contributed by atoms with Gasteiger partial charge in [-0.05, 0) is 11.6 Å². The molecule has 1 rings (SSSR count). The van der Waals surface area contributed by atoms with Gasteiger partial charge in [0, 0.05) is 17.6 Å². The van der Waals surface area contributed by atoms with Gasteiger partial charge in [-0.15, -0.1) is 0 Å². The molecule has 1 N–H and O–H groups in total. The van der Waals surface area contributed by atoms with E-state index in [0.29, 0.717) is 0 Å². The first-order valence-electron chi connectivity index (χ1n) is 4.27. The van der Waals surface area contributed by atoms with Crippen LogP contribution in [0.1, 0.15) is 5.56 Å². The van der Waals surface area contributed by atoms with Crippen LogP contribution in [0, 0.1) is 15.9 Å². The minimum atomic E-state index is -3.45. The van der Waals surface area contributed by atoms with Crippen molar-refractivity contribution in [3.8, 4) is 0 Å². The van der Waals surface area contributed by atoms with Crippen LogP contribution in [0.2, 0.25) is 5.02 Å². The summed E-state index contributed by atoms with van der Waals surface area (Å²) in [6, 6.07) is 1.68. The number of nitrogens with zero attached hydrogens (tertiary/aromatic N) is 1. The van der Waals surface area contributed by atoms with Crippen LogP contribution >= 0.6 is 11.6 Å². The second-order valence-electron chi connectivity index (χ2n) is 3.25. The minimum absolute atomic E-state index is 0.0794. The Morgan fingerprint density at radius 3 is 2.59 bits per heavy atom. The first kappa shape index (κ1) is 13.8. The summed E-state index contributed by atoms with van der Waals surface area (Å²) in [6.45, 7) is -0.237. The highest BCUT2D eigenvalue weighted by Gasteiger charge is 2.17. The Hall–Kier alpha value is -1.25. The van der Waals surface area contributed by atoms with Gasteiger partial charge < -0.3 is 0 Å². The lowest BCUT2D eigenvalue weighted by Gasteiger charge is -2.05. The van der Waals surface area contributed by atoms with Crippen LogP contribution in [0.25, 0.3) is 0 Å². The van der Waals surface area contributed by atoms with Gasteiger partial charge in [0.25, 0.3) is 0 Å². The third-order valence-electron chi connectivity index (χ3n) is 1.84. The molecule has 0 fully saturated rings. The maximum absolute atomic E-state index is 13.1. The summed E-state index contributed by atoms with van der Waals surface area (Å²) in [6.07, 6.45) is 0.929. The molecule has 0 saturated carbocycles. The molecule has 0 bridgehead atoms. The first-order chi connectivity index (χ1) is 7.70. The van der Waals surface area contributed by atoms with E-state index >= 15 is 0 Å². The fourth-order valence-corrected chi connectivity index (χ4v) is 1.70. The van der Waals surface area contributed by atoms with Gasteiger partial charge in [0.05, 0.1) is 11.2 Å². The van der Waals surface area contributed by atoms with Crippen LogP contribution in [-0.2, 0) is 16.6 Å². The minimum Gasteiger partial charge on any atom is -0.258 e. The highest BCUT2D eigenvalue weighted by Crippen LogP contribution is 2.25. The summed E-state index contributed by atoms with van der Waals surface area (Å²) in [7, 11) is -3.45. The van der Waals surface area contributed by atoms with Gasteiger partial charge in [-0.1, -0.05) is 11.6 Å². The molecular formula is C8H8ClFN2O4S. The Morgan fingerprint density at radius 2 is 2.12 bits per heavy atom. The van der Waals surface area contributed by atoms with Crippen molar-refractivity contribution < 1.29 is 17.7 Å². The molecule has 0 spiro atoms. The van der Waals surface area contributed by atoms with Crippen molar-refractivity contribution >= 4 is 27.3 Å². The summed E-state index contributed by atoms with van der Waals surface area (Å²) in [5.41, 5.74) is -0.620.